The number of piperazine rings is 1. The number of hydrogen-bond acceptors (Lipinski definition) is 7. The van der Waals surface area contributed by atoms with Gasteiger partial charge in [-0.2, -0.15) is 4.98 Å². The Labute approximate surface area is 219 Å². The van der Waals surface area contributed by atoms with E-state index < -0.39 is 9.84 Å². The van der Waals surface area contributed by atoms with E-state index >= 15 is 0 Å². The fourth-order valence-electron chi connectivity index (χ4n) is 4.11. The molecule has 4 aromatic rings. The summed E-state index contributed by atoms with van der Waals surface area (Å²) in [6.07, 6.45) is 0. The Kier molecular flexibility index (Phi) is 6.83. The van der Waals surface area contributed by atoms with Crippen molar-refractivity contribution in [3.63, 3.8) is 0 Å². The fourth-order valence-corrected chi connectivity index (χ4v) is 5.77. The van der Waals surface area contributed by atoms with Crippen LogP contribution in [0.5, 0.6) is 5.75 Å². The smallest absolute Gasteiger partial charge is 0.236 e. The average Bonchev–Trinajstić information content (AvgIpc) is 3.36. The van der Waals surface area contributed by atoms with Gasteiger partial charge in [0.2, 0.25) is 26.6 Å². The topological polar surface area (TPSA) is 75.9 Å². The maximum absolute atomic E-state index is 13.6. The van der Waals surface area contributed by atoms with Gasteiger partial charge in [-0.25, -0.2) is 8.42 Å². The third-order valence-corrected chi connectivity index (χ3v) is 8.32. The van der Waals surface area contributed by atoms with Gasteiger partial charge in [-0.05, 0) is 60.7 Å². The normalized spacial score (nSPS) is 14.2. The first kappa shape index (κ1) is 24.5. The van der Waals surface area contributed by atoms with Crippen molar-refractivity contribution in [3.8, 4) is 17.2 Å². The van der Waals surface area contributed by atoms with Crippen molar-refractivity contribution in [1.82, 2.24) is 4.98 Å². The molecule has 0 unspecified atom stereocenters. The van der Waals surface area contributed by atoms with Gasteiger partial charge in [0.05, 0.1) is 22.6 Å². The monoisotopic (exact) mass is 543 g/mol. The van der Waals surface area contributed by atoms with Crippen molar-refractivity contribution in [2.45, 2.75) is 9.92 Å². The third kappa shape index (κ3) is 4.76. The number of rotatable bonds is 6. The molecule has 0 spiro atoms. The van der Waals surface area contributed by atoms with E-state index in [1.54, 1.807) is 31.4 Å². The second-order valence-corrected chi connectivity index (χ2v) is 10.9. The number of nitrogens with zero attached hydrogens (tertiary/aromatic N) is 3. The molecule has 1 aliphatic heterocycles. The molecule has 5 rings (SSSR count). The summed E-state index contributed by atoms with van der Waals surface area (Å²) in [6.45, 7) is 2.45. The number of halogens is 2. The minimum atomic E-state index is -3.98. The number of hydrogen-bond donors (Lipinski definition) is 0. The molecule has 0 saturated carbocycles. The molecule has 0 atom stereocenters. The number of anilines is 2. The third-order valence-electron chi connectivity index (χ3n) is 6.07. The average molecular weight is 544 g/mol. The molecule has 0 aliphatic carbocycles. The molecule has 0 bridgehead atoms. The van der Waals surface area contributed by atoms with E-state index in [1.807, 2.05) is 29.2 Å². The van der Waals surface area contributed by atoms with Gasteiger partial charge in [-0.3, -0.25) is 0 Å². The summed E-state index contributed by atoms with van der Waals surface area (Å²) in [5.41, 5.74) is 1.59. The molecule has 7 nitrogen and oxygen atoms in total. The summed E-state index contributed by atoms with van der Waals surface area (Å²) in [7, 11) is -2.35. The minimum absolute atomic E-state index is 0.0871. The van der Waals surface area contributed by atoms with Crippen LogP contribution in [0.15, 0.2) is 87.1 Å². The lowest BCUT2D eigenvalue weighted by molar-refractivity contribution is 0.415. The predicted octanol–water partition coefficient (Wildman–Crippen LogP) is 5.82. The highest BCUT2D eigenvalue weighted by atomic mass is 35.5. The van der Waals surface area contributed by atoms with Crippen LogP contribution < -0.4 is 14.5 Å². The second-order valence-electron chi connectivity index (χ2n) is 8.24. The Bertz CT molecular complexity index is 1460. The van der Waals surface area contributed by atoms with Crippen molar-refractivity contribution >= 4 is 44.6 Å². The number of aromatic nitrogens is 1. The van der Waals surface area contributed by atoms with Gasteiger partial charge in [0.1, 0.15) is 5.75 Å². The van der Waals surface area contributed by atoms with Crippen LogP contribution in [0.1, 0.15) is 0 Å². The van der Waals surface area contributed by atoms with E-state index in [0.717, 1.165) is 11.4 Å². The summed E-state index contributed by atoms with van der Waals surface area (Å²) in [5.74, 6) is 1.15. The van der Waals surface area contributed by atoms with Gasteiger partial charge in [0.25, 0.3) is 0 Å². The molecule has 1 aromatic heterocycles. The molecule has 2 heterocycles. The van der Waals surface area contributed by atoms with E-state index in [1.165, 1.54) is 24.3 Å². The second kappa shape index (κ2) is 10.0. The zero-order chi connectivity index (χ0) is 25.3. The number of ether oxygens (including phenoxy) is 1. The summed E-state index contributed by atoms with van der Waals surface area (Å²) in [4.78, 5) is 8.67. The Morgan fingerprint density at radius 3 is 2.14 bits per heavy atom. The van der Waals surface area contributed by atoms with Crippen LogP contribution in [0, 0.1) is 0 Å². The maximum Gasteiger partial charge on any atom is 0.236 e. The Morgan fingerprint density at radius 2 is 1.50 bits per heavy atom. The molecule has 10 heteroatoms. The van der Waals surface area contributed by atoms with Crippen LogP contribution in [-0.2, 0) is 9.84 Å². The first-order valence-corrected chi connectivity index (χ1v) is 13.5. The highest BCUT2D eigenvalue weighted by Crippen LogP contribution is 2.37. The fraction of sp³-hybridized carbons (Fsp3) is 0.192. The zero-order valence-corrected chi connectivity index (χ0v) is 21.7. The van der Waals surface area contributed by atoms with Gasteiger partial charge in [-0.15, -0.1) is 0 Å². The van der Waals surface area contributed by atoms with Crippen molar-refractivity contribution in [2.75, 3.05) is 43.1 Å². The standard InChI is InChI=1S/C26H23Cl2N3O4S/c1-34-20-10-8-19(9-11-20)30-14-16-31(17-15-30)26-25(36(32,33)21-12-6-18(27)7-13-21)29-24(35-26)22-4-2-3-5-23(22)28/h2-13H,14-17H2,1H3. The quantitative estimate of drug-likeness (QED) is 0.303. The number of sulfone groups is 1. The van der Waals surface area contributed by atoms with Gasteiger partial charge < -0.3 is 19.0 Å². The number of oxazole rings is 1. The van der Waals surface area contributed by atoms with E-state index in [2.05, 4.69) is 9.88 Å². The summed E-state index contributed by atoms with van der Waals surface area (Å²) < 4.78 is 38.6. The molecule has 0 radical (unpaired) electrons. The van der Waals surface area contributed by atoms with Gasteiger partial charge >= 0.3 is 0 Å². The van der Waals surface area contributed by atoms with Gasteiger partial charge in [0.15, 0.2) is 0 Å². The van der Waals surface area contributed by atoms with Crippen molar-refractivity contribution in [2.24, 2.45) is 0 Å². The lowest BCUT2D eigenvalue weighted by atomic mass is 10.2. The van der Waals surface area contributed by atoms with Gasteiger partial charge in [0, 0.05) is 36.9 Å². The molecule has 1 fully saturated rings. The lowest BCUT2D eigenvalue weighted by Crippen LogP contribution is -2.46. The molecule has 186 valence electrons. The lowest BCUT2D eigenvalue weighted by Gasteiger charge is -2.36. The first-order chi connectivity index (χ1) is 17.4. The van der Waals surface area contributed by atoms with Crippen LogP contribution in [-0.4, -0.2) is 46.7 Å². The molecular formula is C26H23Cl2N3O4S. The van der Waals surface area contributed by atoms with Crippen molar-refractivity contribution in [1.29, 1.82) is 0 Å². The predicted molar refractivity (Wildman–Crippen MR) is 141 cm³/mol. The molecule has 1 saturated heterocycles. The van der Waals surface area contributed by atoms with Crippen molar-refractivity contribution < 1.29 is 17.6 Å². The van der Waals surface area contributed by atoms with Crippen LogP contribution in [0.4, 0.5) is 11.6 Å². The zero-order valence-electron chi connectivity index (χ0n) is 19.4. The summed E-state index contributed by atoms with van der Waals surface area (Å²) in [6, 6.07) is 20.9. The molecule has 0 amide bonds. The Balaban J connectivity index is 1.49. The minimum Gasteiger partial charge on any atom is -0.497 e. The van der Waals surface area contributed by atoms with Gasteiger partial charge in [-0.1, -0.05) is 35.3 Å². The van der Waals surface area contributed by atoms with Crippen LogP contribution in [0.2, 0.25) is 10.0 Å². The summed E-state index contributed by atoms with van der Waals surface area (Å²) >= 11 is 12.4. The highest BCUT2D eigenvalue weighted by molar-refractivity contribution is 7.91. The largest absolute Gasteiger partial charge is 0.497 e. The number of benzene rings is 3. The Hall–Kier alpha value is -3.20. The number of methoxy groups -OCH3 is 1. The highest BCUT2D eigenvalue weighted by Gasteiger charge is 2.33. The Morgan fingerprint density at radius 1 is 0.861 bits per heavy atom. The SMILES string of the molecule is COc1ccc(N2CCN(c3oc(-c4ccccc4Cl)nc3S(=O)(=O)c3ccc(Cl)cc3)CC2)cc1. The molecule has 3 aromatic carbocycles. The van der Waals surface area contributed by atoms with E-state index in [0.29, 0.717) is 41.8 Å². The van der Waals surface area contributed by atoms with E-state index in [9.17, 15) is 8.42 Å². The van der Waals surface area contributed by atoms with Crippen LogP contribution in [0.25, 0.3) is 11.5 Å². The maximum atomic E-state index is 13.6. The molecule has 0 N–H and O–H groups in total. The van der Waals surface area contributed by atoms with Crippen LogP contribution in [0.3, 0.4) is 0 Å². The molecule has 1 aliphatic rings. The summed E-state index contributed by atoms with van der Waals surface area (Å²) in [5, 5.41) is 0.725. The van der Waals surface area contributed by atoms with Crippen LogP contribution >= 0.6 is 23.2 Å². The van der Waals surface area contributed by atoms with E-state index in [4.69, 9.17) is 32.4 Å². The molecular weight excluding hydrogens is 521 g/mol. The first-order valence-electron chi connectivity index (χ1n) is 11.3. The van der Waals surface area contributed by atoms with E-state index in [-0.39, 0.29) is 21.7 Å². The molecule has 36 heavy (non-hydrogen) atoms. The van der Waals surface area contributed by atoms with Crippen molar-refractivity contribution in [3.05, 3.63) is 82.8 Å².